The molecule has 1 unspecified atom stereocenters. The molecule has 2 aromatic rings. The van der Waals surface area contributed by atoms with Crippen molar-refractivity contribution >= 4 is 17.2 Å². The first-order valence-corrected chi connectivity index (χ1v) is 10.00. The number of nitrogens with one attached hydrogen (secondary N) is 2. The molecule has 7 nitrogen and oxygen atoms in total. The van der Waals surface area contributed by atoms with Crippen molar-refractivity contribution in [1.82, 2.24) is 30.3 Å². The molecule has 2 aromatic heterocycles. The van der Waals surface area contributed by atoms with Crippen LogP contribution in [-0.2, 0) is 18.4 Å². The van der Waals surface area contributed by atoms with Crippen LogP contribution in [0.3, 0.4) is 0 Å². The van der Waals surface area contributed by atoms with Crippen LogP contribution in [-0.4, -0.2) is 52.3 Å². The van der Waals surface area contributed by atoms with Gasteiger partial charge in [0.05, 0.1) is 16.9 Å². The Labute approximate surface area is 158 Å². The zero-order valence-corrected chi connectivity index (χ0v) is 16.6. The fourth-order valence-corrected chi connectivity index (χ4v) is 4.05. The molecule has 0 bridgehead atoms. The van der Waals surface area contributed by atoms with E-state index < -0.39 is 0 Å². The minimum atomic E-state index is -0.350. The van der Waals surface area contributed by atoms with Gasteiger partial charge < -0.3 is 10.6 Å². The van der Waals surface area contributed by atoms with Crippen LogP contribution >= 0.6 is 11.3 Å². The lowest BCUT2D eigenvalue weighted by Crippen LogP contribution is -2.41. The van der Waals surface area contributed by atoms with E-state index in [2.05, 4.69) is 31.0 Å². The number of rotatable bonds is 7. The number of likely N-dealkylation sites (N-methyl/N-ethyl adjacent to an activating group) is 1. The highest BCUT2D eigenvalue weighted by atomic mass is 32.1. The number of carbonyl (C=O) groups is 1. The van der Waals surface area contributed by atoms with Gasteiger partial charge in [0.2, 0.25) is 5.91 Å². The Balaban J connectivity index is 1.42. The second-order valence-electron chi connectivity index (χ2n) is 6.99. The molecule has 1 atom stereocenters. The van der Waals surface area contributed by atoms with Crippen molar-refractivity contribution in [3.63, 3.8) is 0 Å². The molecule has 1 saturated heterocycles. The Bertz CT molecular complexity index is 719. The molecule has 0 aromatic carbocycles. The van der Waals surface area contributed by atoms with Crippen LogP contribution in [0.25, 0.3) is 0 Å². The first kappa shape index (κ1) is 19.0. The number of hydrogen-bond acceptors (Lipinski definition) is 6. The third-order valence-electron chi connectivity index (χ3n) is 4.93. The number of carbonyl (C=O) groups excluding carboxylic acids is 1. The van der Waals surface area contributed by atoms with E-state index in [1.54, 1.807) is 29.3 Å². The summed E-state index contributed by atoms with van der Waals surface area (Å²) in [6.07, 6.45) is 5.83. The molecule has 1 aliphatic rings. The highest BCUT2D eigenvalue weighted by molar-refractivity contribution is 7.09. The van der Waals surface area contributed by atoms with Gasteiger partial charge in [-0.05, 0) is 45.8 Å². The summed E-state index contributed by atoms with van der Waals surface area (Å²) in [5, 5.41) is 13.6. The van der Waals surface area contributed by atoms with Gasteiger partial charge in [0.15, 0.2) is 0 Å². The molecule has 8 heteroatoms. The van der Waals surface area contributed by atoms with Crippen molar-refractivity contribution in [3.05, 3.63) is 34.0 Å². The van der Waals surface area contributed by atoms with Gasteiger partial charge in [0.1, 0.15) is 6.04 Å². The maximum atomic E-state index is 12.5. The second-order valence-corrected chi connectivity index (χ2v) is 8.05. The molecule has 0 saturated carbocycles. The van der Waals surface area contributed by atoms with Crippen LogP contribution in [0.5, 0.6) is 0 Å². The standard InChI is InChI=1S/C18H28N6OS/c1-13-22-16(12-26-13)11-24-6-4-14(5-7-24)8-20-18(25)17(19-2)15-9-21-23(3)10-15/h9-10,12,14,17,19H,4-8,11H2,1-3H3,(H,20,25). The largest absolute Gasteiger partial charge is 0.354 e. The van der Waals surface area contributed by atoms with Crippen molar-refractivity contribution < 1.29 is 4.79 Å². The Morgan fingerprint density at radius 3 is 2.77 bits per heavy atom. The fraction of sp³-hybridized carbons (Fsp3) is 0.611. The normalized spacial score (nSPS) is 17.3. The van der Waals surface area contributed by atoms with E-state index in [4.69, 9.17) is 0 Å². The van der Waals surface area contributed by atoms with Crippen molar-refractivity contribution in [3.8, 4) is 0 Å². The molecule has 26 heavy (non-hydrogen) atoms. The summed E-state index contributed by atoms with van der Waals surface area (Å²) in [6, 6.07) is -0.350. The monoisotopic (exact) mass is 376 g/mol. The zero-order valence-electron chi connectivity index (χ0n) is 15.7. The van der Waals surface area contributed by atoms with Crippen LogP contribution in [0, 0.1) is 12.8 Å². The molecule has 1 amide bonds. The summed E-state index contributed by atoms with van der Waals surface area (Å²) in [5.74, 6) is 0.555. The molecular weight excluding hydrogens is 348 g/mol. The van der Waals surface area contributed by atoms with E-state index in [0.717, 1.165) is 49.6 Å². The van der Waals surface area contributed by atoms with Crippen LogP contribution in [0.2, 0.25) is 0 Å². The first-order valence-electron chi connectivity index (χ1n) is 9.12. The molecule has 0 spiro atoms. The number of aryl methyl sites for hydroxylation is 2. The van der Waals surface area contributed by atoms with Crippen molar-refractivity contribution in [2.45, 2.75) is 32.4 Å². The number of hydrogen-bond donors (Lipinski definition) is 2. The van der Waals surface area contributed by atoms with Crippen LogP contribution in [0.15, 0.2) is 17.8 Å². The van der Waals surface area contributed by atoms with Gasteiger partial charge in [0, 0.05) is 37.3 Å². The third kappa shape index (κ3) is 4.90. The van der Waals surface area contributed by atoms with E-state index in [1.807, 2.05) is 20.2 Å². The number of amides is 1. The number of nitrogens with zero attached hydrogens (tertiary/aromatic N) is 4. The van der Waals surface area contributed by atoms with Gasteiger partial charge in [-0.25, -0.2) is 4.98 Å². The summed E-state index contributed by atoms with van der Waals surface area (Å²) in [4.78, 5) is 19.5. The smallest absolute Gasteiger partial charge is 0.241 e. The van der Waals surface area contributed by atoms with E-state index in [-0.39, 0.29) is 11.9 Å². The zero-order chi connectivity index (χ0) is 18.5. The maximum Gasteiger partial charge on any atom is 0.241 e. The van der Waals surface area contributed by atoms with Gasteiger partial charge in [0.25, 0.3) is 0 Å². The summed E-state index contributed by atoms with van der Waals surface area (Å²) in [7, 11) is 3.66. The summed E-state index contributed by atoms with van der Waals surface area (Å²) in [5.41, 5.74) is 2.06. The molecule has 1 fully saturated rings. The SMILES string of the molecule is CNC(C(=O)NCC1CCN(Cc2csc(C)n2)CC1)c1cnn(C)c1. The highest BCUT2D eigenvalue weighted by Crippen LogP contribution is 2.20. The maximum absolute atomic E-state index is 12.5. The third-order valence-corrected chi connectivity index (χ3v) is 5.76. The highest BCUT2D eigenvalue weighted by Gasteiger charge is 2.23. The predicted molar refractivity (Wildman–Crippen MR) is 103 cm³/mol. The van der Waals surface area contributed by atoms with Crippen LogP contribution in [0.1, 0.15) is 35.1 Å². The number of likely N-dealkylation sites (tertiary alicyclic amines) is 1. The number of piperidine rings is 1. The van der Waals surface area contributed by atoms with E-state index >= 15 is 0 Å². The summed E-state index contributed by atoms with van der Waals surface area (Å²) < 4.78 is 1.71. The molecule has 142 valence electrons. The van der Waals surface area contributed by atoms with Crippen LogP contribution in [0.4, 0.5) is 0 Å². The van der Waals surface area contributed by atoms with E-state index in [1.165, 1.54) is 5.69 Å². The molecule has 3 rings (SSSR count). The van der Waals surface area contributed by atoms with Crippen LogP contribution < -0.4 is 10.6 Å². The van der Waals surface area contributed by atoms with Crippen molar-refractivity contribution in [1.29, 1.82) is 0 Å². The first-order chi connectivity index (χ1) is 12.5. The van der Waals surface area contributed by atoms with Gasteiger partial charge in [-0.2, -0.15) is 5.10 Å². The van der Waals surface area contributed by atoms with Crippen molar-refractivity contribution in [2.24, 2.45) is 13.0 Å². The summed E-state index contributed by atoms with van der Waals surface area (Å²) in [6.45, 7) is 5.85. The fourth-order valence-electron chi connectivity index (χ4n) is 3.44. The van der Waals surface area contributed by atoms with E-state index in [9.17, 15) is 4.79 Å². The molecule has 3 heterocycles. The Morgan fingerprint density at radius 1 is 1.42 bits per heavy atom. The average molecular weight is 377 g/mol. The quantitative estimate of drug-likeness (QED) is 0.765. The molecule has 0 aliphatic carbocycles. The van der Waals surface area contributed by atoms with E-state index in [0.29, 0.717) is 5.92 Å². The average Bonchev–Trinajstić information content (AvgIpc) is 3.23. The predicted octanol–water partition coefficient (Wildman–Crippen LogP) is 1.47. The molecule has 1 aliphatic heterocycles. The van der Waals surface area contributed by atoms with Crippen molar-refractivity contribution in [2.75, 3.05) is 26.7 Å². The molecule has 0 radical (unpaired) electrons. The lowest BCUT2D eigenvalue weighted by atomic mass is 9.96. The number of aromatic nitrogens is 3. The molecule has 2 N–H and O–H groups in total. The summed E-state index contributed by atoms with van der Waals surface area (Å²) >= 11 is 1.71. The topological polar surface area (TPSA) is 75.1 Å². The number of thiazole rings is 1. The Morgan fingerprint density at radius 2 is 2.19 bits per heavy atom. The Kier molecular flexibility index (Phi) is 6.39. The molecular formula is C18H28N6OS. The Hall–Kier alpha value is -1.77. The van der Waals surface area contributed by atoms with Gasteiger partial charge >= 0.3 is 0 Å². The second kappa shape index (κ2) is 8.75. The lowest BCUT2D eigenvalue weighted by molar-refractivity contribution is -0.123. The lowest BCUT2D eigenvalue weighted by Gasteiger charge is -2.31. The minimum absolute atomic E-state index is 0.0147. The van der Waals surface area contributed by atoms with Gasteiger partial charge in [-0.3, -0.25) is 14.4 Å². The van der Waals surface area contributed by atoms with Gasteiger partial charge in [-0.1, -0.05) is 0 Å². The minimum Gasteiger partial charge on any atom is -0.354 e. The van der Waals surface area contributed by atoms with Gasteiger partial charge in [-0.15, -0.1) is 11.3 Å².